The van der Waals surface area contributed by atoms with Gasteiger partial charge in [-0.1, -0.05) is 11.6 Å². The Morgan fingerprint density at radius 3 is 2.62 bits per heavy atom. The van der Waals surface area contributed by atoms with E-state index in [0.29, 0.717) is 5.78 Å². The second kappa shape index (κ2) is 3.49. The molecule has 0 aromatic heterocycles. The van der Waals surface area contributed by atoms with Crippen molar-refractivity contribution in [2.24, 2.45) is 0 Å². The van der Waals surface area contributed by atoms with E-state index < -0.39 is 0 Å². The summed E-state index contributed by atoms with van der Waals surface area (Å²) >= 11 is 0. The van der Waals surface area contributed by atoms with E-state index in [1.54, 1.807) is 0 Å². The van der Waals surface area contributed by atoms with Gasteiger partial charge < -0.3 is 0 Å². The molecule has 0 N–H and O–H groups in total. The fourth-order valence-electron chi connectivity index (χ4n) is 2.27. The van der Waals surface area contributed by atoms with Gasteiger partial charge in [-0.2, -0.15) is 0 Å². The van der Waals surface area contributed by atoms with Crippen molar-refractivity contribution in [3.8, 4) is 0 Å². The summed E-state index contributed by atoms with van der Waals surface area (Å²) in [5, 5.41) is 0. The van der Waals surface area contributed by atoms with Gasteiger partial charge in [-0.25, -0.2) is 0 Å². The van der Waals surface area contributed by atoms with Crippen molar-refractivity contribution in [3.63, 3.8) is 0 Å². The minimum atomic E-state index is 0.354. The van der Waals surface area contributed by atoms with Gasteiger partial charge in [-0.05, 0) is 56.6 Å². The average Bonchev–Trinajstić information content (AvgIpc) is 2.72. The van der Waals surface area contributed by atoms with E-state index in [4.69, 9.17) is 0 Å². The maximum absolute atomic E-state index is 11.9. The predicted octanol–water partition coefficient (Wildman–Crippen LogP) is 3.17. The van der Waals surface area contributed by atoms with E-state index in [1.807, 2.05) is 0 Å². The minimum absolute atomic E-state index is 0.354. The molecular weight excluding hydrogens is 160 g/mol. The predicted molar refractivity (Wildman–Crippen MR) is 53.5 cm³/mol. The van der Waals surface area contributed by atoms with Crippen LogP contribution < -0.4 is 0 Å². The van der Waals surface area contributed by atoms with E-state index in [2.05, 4.69) is 13.0 Å². The van der Waals surface area contributed by atoms with Crippen LogP contribution in [0.5, 0.6) is 0 Å². The summed E-state index contributed by atoms with van der Waals surface area (Å²) in [7, 11) is 0. The Kier molecular flexibility index (Phi) is 2.34. The van der Waals surface area contributed by atoms with Crippen molar-refractivity contribution in [1.82, 2.24) is 0 Å². The Hall–Kier alpha value is -0.850. The largest absolute Gasteiger partial charge is 0.289 e. The fourth-order valence-corrected chi connectivity index (χ4v) is 2.27. The normalized spacial score (nSPS) is 22.4. The summed E-state index contributed by atoms with van der Waals surface area (Å²) in [5.41, 5.74) is 3.53. The molecule has 0 aromatic rings. The lowest BCUT2D eigenvalue weighted by Gasteiger charge is -2.03. The summed E-state index contributed by atoms with van der Waals surface area (Å²) in [6.45, 7) is 2.11. The highest BCUT2D eigenvalue weighted by Gasteiger charge is 2.22. The van der Waals surface area contributed by atoms with Crippen molar-refractivity contribution >= 4 is 5.78 Å². The van der Waals surface area contributed by atoms with E-state index >= 15 is 0 Å². The molecule has 0 fully saturated rings. The number of rotatable bonds is 2. The third-order valence-corrected chi connectivity index (χ3v) is 3.10. The second-order valence-electron chi connectivity index (χ2n) is 4.06. The quantitative estimate of drug-likeness (QED) is 0.631. The van der Waals surface area contributed by atoms with Crippen molar-refractivity contribution in [3.05, 3.63) is 22.8 Å². The smallest absolute Gasteiger partial charge is 0.184 e. The zero-order chi connectivity index (χ0) is 9.26. The van der Waals surface area contributed by atoms with E-state index in [0.717, 1.165) is 36.8 Å². The van der Waals surface area contributed by atoms with Crippen molar-refractivity contribution in [1.29, 1.82) is 0 Å². The molecule has 2 aliphatic rings. The molecule has 0 unspecified atom stereocenters. The summed E-state index contributed by atoms with van der Waals surface area (Å²) in [6.07, 6.45) is 8.74. The number of ketones is 1. The number of hydrogen-bond acceptors (Lipinski definition) is 1. The highest BCUT2D eigenvalue weighted by atomic mass is 16.1. The lowest BCUT2D eigenvalue weighted by Crippen LogP contribution is -2.04. The molecule has 1 heteroatoms. The summed E-state index contributed by atoms with van der Waals surface area (Å²) < 4.78 is 0. The molecule has 0 atom stereocenters. The first-order valence-electron chi connectivity index (χ1n) is 5.21. The molecular formula is C12H16O. The van der Waals surface area contributed by atoms with Crippen LogP contribution >= 0.6 is 0 Å². The van der Waals surface area contributed by atoms with Crippen LogP contribution in [-0.4, -0.2) is 5.78 Å². The molecule has 2 aliphatic carbocycles. The molecule has 2 rings (SSSR count). The van der Waals surface area contributed by atoms with Crippen LogP contribution in [0.1, 0.15) is 45.4 Å². The first kappa shape index (κ1) is 8.74. The Balaban J connectivity index is 2.17. The van der Waals surface area contributed by atoms with Gasteiger partial charge in [-0.3, -0.25) is 4.79 Å². The number of hydrogen-bond donors (Lipinski definition) is 0. The molecule has 0 bridgehead atoms. The molecule has 13 heavy (non-hydrogen) atoms. The molecule has 0 heterocycles. The zero-order valence-corrected chi connectivity index (χ0v) is 8.23. The SMILES string of the molecule is CC1=C(C(=O)C2=CCCC2)CCC1. The Morgan fingerprint density at radius 2 is 2.08 bits per heavy atom. The Labute approximate surface area is 79.5 Å². The topological polar surface area (TPSA) is 17.1 Å². The first-order chi connectivity index (χ1) is 6.29. The minimum Gasteiger partial charge on any atom is -0.289 e. The molecule has 0 spiro atoms. The molecule has 0 aliphatic heterocycles. The summed E-state index contributed by atoms with van der Waals surface area (Å²) in [4.78, 5) is 11.9. The van der Waals surface area contributed by atoms with Crippen LogP contribution in [0.2, 0.25) is 0 Å². The van der Waals surface area contributed by atoms with Gasteiger partial charge in [0.05, 0.1) is 0 Å². The van der Waals surface area contributed by atoms with Crippen molar-refractivity contribution < 1.29 is 4.79 Å². The van der Waals surface area contributed by atoms with Crippen molar-refractivity contribution in [2.75, 3.05) is 0 Å². The summed E-state index contributed by atoms with van der Waals surface area (Å²) in [5.74, 6) is 0.354. The van der Waals surface area contributed by atoms with Gasteiger partial charge in [0, 0.05) is 0 Å². The van der Waals surface area contributed by atoms with Gasteiger partial charge in [0.25, 0.3) is 0 Å². The van der Waals surface area contributed by atoms with E-state index in [9.17, 15) is 4.79 Å². The standard InChI is InChI=1S/C12H16O/c1-9-5-4-8-11(9)12(13)10-6-2-3-7-10/h6H,2-5,7-8H2,1H3. The molecule has 0 amide bonds. The number of Topliss-reactive ketones (excluding diaryl/α,β-unsaturated/α-hetero) is 1. The van der Waals surface area contributed by atoms with E-state index in [-0.39, 0.29) is 0 Å². The Bertz CT molecular complexity index is 294. The molecule has 0 saturated heterocycles. The van der Waals surface area contributed by atoms with Gasteiger partial charge in [0.1, 0.15) is 0 Å². The Morgan fingerprint density at radius 1 is 1.23 bits per heavy atom. The van der Waals surface area contributed by atoms with Gasteiger partial charge in [0.15, 0.2) is 5.78 Å². The first-order valence-corrected chi connectivity index (χ1v) is 5.21. The highest BCUT2D eigenvalue weighted by molar-refractivity contribution is 6.09. The third kappa shape index (κ3) is 1.60. The van der Waals surface area contributed by atoms with Crippen molar-refractivity contribution in [2.45, 2.75) is 45.4 Å². The molecule has 0 aromatic carbocycles. The number of carbonyl (C=O) groups excluding carboxylic acids is 1. The van der Waals surface area contributed by atoms with Crippen LogP contribution in [0.4, 0.5) is 0 Å². The van der Waals surface area contributed by atoms with Crippen LogP contribution in [0.25, 0.3) is 0 Å². The van der Waals surface area contributed by atoms with Crippen LogP contribution in [0.15, 0.2) is 22.8 Å². The average molecular weight is 176 g/mol. The summed E-state index contributed by atoms with van der Waals surface area (Å²) in [6, 6.07) is 0. The maximum atomic E-state index is 11.9. The van der Waals surface area contributed by atoms with Gasteiger partial charge in [0.2, 0.25) is 0 Å². The molecule has 0 saturated carbocycles. The zero-order valence-electron chi connectivity index (χ0n) is 8.23. The van der Waals surface area contributed by atoms with Crippen LogP contribution in [-0.2, 0) is 4.79 Å². The lowest BCUT2D eigenvalue weighted by molar-refractivity contribution is -0.112. The monoisotopic (exact) mass is 176 g/mol. The van der Waals surface area contributed by atoms with Crippen LogP contribution in [0, 0.1) is 0 Å². The number of carbonyl (C=O) groups is 1. The molecule has 1 nitrogen and oxygen atoms in total. The number of allylic oxidation sites excluding steroid dienone is 4. The van der Waals surface area contributed by atoms with Crippen LogP contribution in [0.3, 0.4) is 0 Å². The maximum Gasteiger partial charge on any atom is 0.184 e. The van der Waals surface area contributed by atoms with Gasteiger partial charge in [-0.15, -0.1) is 0 Å². The molecule has 70 valence electrons. The molecule has 0 radical (unpaired) electrons. The lowest BCUT2D eigenvalue weighted by atomic mass is 10.0. The van der Waals surface area contributed by atoms with Gasteiger partial charge >= 0.3 is 0 Å². The second-order valence-corrected chi connectivity index (χ2v) is 4.06. The van der Waals surface area contributed by atoms with E-state index in [1.165, 1.54) is 18.4 Å². The third-order valence-electron chi connectivity index (χ3n) is 3.10. The fraction of sp³-hybridized carbons (Fsp3) is 0.583. The highest BCUT2D eigenvalue weighted by Crippen LogP contribution is 2.30.